The van der Waals surface area contributed by atoms with Crippen LogP contribution in [0.5, 0.6) is 0 Å². The molecule has 98 valence electrons. The van der Waals surface area contributed by atoms with Crippen LogP contribution in [-0.4, -0.2) is 16.9 Å². The van der Waals surface area contributed by atoms with Crippen LogP contribution in [-0.2, 0) is 11.3 Å². The number of amides is 1. The first-order valence-electron chi connectivity index (χ1n) is 5.68. The van der Waals surface area contributed by atoms with Crippen LogP contribution in [0.25, 0.3) is 0 Å². The Morgan fingerprint density at radius 1 is 1.39 bits per heavy atom. The summed E-state index contributed by atoms with van der Waals surface area (Å²) in [7, 11) is 0. The van der Waals surface area contributed by atoms with Gasteiger partial charge in [0.15, 0.2) is 0 Å². The van der Waals surface area contributed by atoms with Gasteiger partial charge in [0.05, 0.1) is 11.0 Å². The van der Waals surface area contributed by atoms with Crippen LogP contribution < -0.4 is 11.1 Å². The lowest BCUT2D eigenvalue weighted by molar-refractivity contribution is -0.384. The van der Waals surface area contributed by atoms with Crippen molar-refractivity contribution < 1.29 is 9.72 Å². The minimum absolute atomic E-state index is 0.0314. The van der Waals surface area contributed by atoms with E-state index in [0.717, 1.165) is 5.56 Å². The van der Waals surface area contributed by atoms with Crippen LogP contribution in [0.15, 0.2) is 24.3 Å². The molecule has 1 rings (SSSR count). The molecule has 0 bridgehead atoms. The Balaban J connectivity index is 2.54. The summed E-state index contributed by atoms with van der Waals surface area (Å²) in [5, 5.41) is 13.2. The average molecular weight is 251 g/mol. The highest BCUT2D eigenvalue weighted by Crippen LogP contribution is 2.11. The molecular formula is C12H17N3O3. The molecule has 1 atom stereocenters. The van der Waals surface area contributed by atoms with E-state index in [1.54, 1.807) is 12.1 Å². The predicted octanol–water partition coefficient (Wildman–Crippen LogP) is 1.19. The summed E-state index contributed by atoms with van der Waals surface area (Å²) >= 11 is 0. The summed E-state index contributed by atoms with van der Waals surface area (Å²) in [6.45, 7) is 4.06. The zero-order valence-corrected chi connectivity index (χ0v) is 10.4. The lowest BCUT2D eigenvalue weighted by Gasteiger charge is -2.15. The second kappa shape index (κ2) is 6.11. The first kappa shape index (κ1) is 14.1. The Kier molecular flexibility index (Phi) is 4.79. The van der Waals surface area contributed by atoms with Gasteiger partial charge in [-0.05, 0) is 11.5 Å². The van der Waals surface area contributed by atoms with Crippen molar-refractivity contribution in [1.29, 1.82) is 0 Å². The van der Waals surface area contributed by atoms with Crippen LogP contribution in [0.1, 0.15) is 19.4 Å². The number of nitrogens with one attached hydrogen (secondary N) is 1. The number of nitro benzene ring substituents is 1. The van der Waals surface area contributed by atoms with Gasteiger partial charge in [0.1, 0.15) is 0 Å². The molecular weight excluding hydrogens is 234 g/mol. The molecule has 1 aromatic rings. The number of benzene rings is 1. The Morgan fingerprint density at radius 3 is 2.39 bits per heavy atom. The fraction of sp³-hybridized carbons (Fsp3) is 0.417. The van der Waals surface area contributed by atoms with E-state index in [-0.39, 0.29) is 17.5 Å². The minimum atomic E-state index is -0.539. The third-order valence-electron chi connectivity index (χ3n) is 2.63. The van der Waals surface area contributed by atoms with E-state index in [1.807, 2.05) is 13.8 Å². The summed E-state index contributed by atoms with van der Waals surface area (Å²) in [5.74, 6) is -0.148. The van der Waals surface area contributed by atoms with Gasteiger partial charge in [0.2, 0.25) is 5.91 Å². The van der Waals surface area contributed by atoms with E-state index in [9.17, 15) is 14.9 Å². The van der Waals surface area contributed by atoms with Crippen molar-refractivity contribution in [2.24, 2.45) is 11.7 Å². The van der Waals surface area contributed by atoms with E-state index in [1.165, 1.54) is 12.1 Å². The molecule has 0 fully saturated rings. The molecule has 0 aliphatic carbocycles. The molecule has 1 aromatic carbocycles. The number of nitro groups is 1. The first-order valence-corrected chi connectivity index (χ1v) is 5.68. The highest BCUT2D eigenvalue weighted by molar-refractivity contribution is 5.81. The molecule has 3 N–H and O–H groups in total. The summed E-state index contributed by atoms with van der Waals surface area (Å²) in [6, 6.07) is 5.50. The normalized spacial score (nSPS) is 12.2. The van der Waals surface area contributed by atoms with E-state index in [0.29, 0.717) is 6.54 Å². The first-order chi connectivity index (χ1) is 8.41. The summed E-state index contributed by atoms with van der Waals surface area (Å²) in [4.78, 5) is 21.6. The molecule has 0 aliphatic heterocycles. The molecule has 1 amide bonds. The number of nitrogens with zero attached hydrogens (tertiary/aromatic N) is 1. The van der Waals surface area contributed by atoms with Gasteiger partial charge in [-0.25, -0.2) is 0 Å². The highest BCUT2D eigenvalue weighted by atomic mass is 16.6. The van der Waals surface area contributed by atoms with Crippen molar-refractivity contribution in [3.63, 3.8) is 0 Å². The maximum atomic E-state index is 11.6. The van der Waals surface area contributed by atoms with E-state index in [4.69, 9.17) is 5.73 Å². The van der Waals surface area contributed by atoms with Crippen molar-refractivity contribution >= 4 is 11.6 Å². The molecule has 0 aliphatic rings. The van der Waals surface area contributed by atoms with Crippen LogP contribution in [0.2, 0.25) is 0 Å². The number of hydrogen-bond acceptors (Lipinski definition) is 4. The molecule has 0 aromatic heterocycles. The number of hydrogen-bond donors (Lipinski definition) is 2. The summed E-state index contributed by atoms with van der Waals surface area (Å²) in [5.41, 5.74) is 6.51. The summed E-state index contributed by atoms with van der Waals surface area (Å²) in [6.07, 6.45) is 0. The Hall–Kier alpha value is -1.95. The number of rotatable bonds is 5. The Labute approximate surface area is 105 Å². The third kappa shape index (κ3) is 3.81. The zero-order valence-electron chi connectivity index (χ0n) is 10.4. The zero-order chi connectivity index (χ0) is 13.7. The lowest BCUT2D eigenvalue weighted by atomic mass is 10.0. The quantitative estimate of drug-likeness (QED) is 0.606. The van der Waals surface area contributed by atoms with Crippen molar-refractivity contribution in [2.45, 2.75) is 26.4 Å². The molecule has 6 nitrogen and oxygen atoms in total. The van der Waals surface area contributed by atoms with Crippen LogP contribution in [0.4, 0.5) is 5.69 Å². The van der Waals surface area contributed by atoms with E-state index >= 15 is 0 Å². The predicted molar refractivity (Wildman–Crippen MR) is 67.8 cm³/mol. The number of carbonyl (C=O) groups is 1. The minimum Gasteiger partial charge on any atom is -0.351 e. The number of carbonyl (C=O) groups excluding carboxylic acids is 1. The molecule has 6 heteroatoms. The van der Waals surface area contributed by atoms with Gasteiger partial charge < -0.3 is 11.1 Å². The highest BCUT2D eigenvalue weighted by Gasteiger charge is 2.16. The molecule has 0 radical (unpaired) electrons. The fourth-order valence-electron chi connectivity index (χ4n) is 1.35. The molecule has 0 saturated heterocycles. The third-order valence-corrected chi connectivity index (χ3v) is 2.63. The molecule has 0 heterocycles. The topological polar surface area (TPSA) is 98.3 Å². The van der Waals surface area contributed by atoms with E-state index in [2.05, 4.69) is 5.32 Å². The monoisotopic (exact) mass is 251 g/mol. The fourth-order valence-corrected chi connectivity index (χ4v) is 1.35. The SMILES string of the molecule is CC(C)C(N)C(=O)NCc1ccc([N+](=O)[O-])cc1. The second-order valence-corrected chi connectivity index (χ2v) is 4.41. The van der Waals surface area contributed by atoms with Gasteiger partial charge in [0.25, 0.3) is 5.69 Å². The second-order valence-electron chi connectivity index (χ2n) is 4.41. The van der Waals surface area contributed by atoms with Crippen LogP contribution >= 0.6 is 0 Å². The van der Waals surface area contributed by atoms with Crippen molar-refractivity contribution in [3.05, 3.63) is 39.9 Å². The van der Waals surface area contributed by atoms with Gasteiger partial charge in [-0.2, -0.15) is 0 Å². The smallest absolute Gasteiger partial charge is 0.269 e. The maximum Gasteiger partial charge on any atom is 0.269 e. The van der Waals surface area contributed by atoms with Gasteiger partial charge in [-0.3, -0.25) is 14.9 Å². The van der Waals surface area contributed by atoms with Crippen LogP contribution in [0.3, 0.4) is 0 Å². The standard InChI is InChI=1S/C12H17N3O3/c1-8(2)11(13)12(16)14-7-9-3-5-10(6-4-9)15(17)18/h3-6,8,11H,7,13H2,1-2H3,(H,14,16). The van der Waals surface area contributed by atoms with E-state index < -0.39 is 11.0 Å². The number of nitrogens with two attached hydrogens (primary N) is 1. The van der Waals surface area contributed by atoms with Gasteiger partial charge in [-0.15, -0.1) is 0 Å². The van der Waals surface area contributed by atoms with Crippen molar-refractivity contribution in [1.82, 2.24) is 5.32 Å². The maximum absolute atomic E-state index is 11.6. The largest absolute Gasteiger partial charge is 0.351 e. The summed E-state index contributed by atoms with van der Waals surface area (Å²) < 4.78 is 0. The molecule has 0 spiro atoms. The van der Waals surface area contributed by atoms with Gasteiger partial charge in [-0.1, -0.05) is 26.0 Å². The van der Waals surface area contributed by atoms with Crippen molar-refractivity contribution in [2.75, 3.05) is 0 Å². The average Bonchev–Trinajstić information content (AvgIpc) is 2.35. The Bertz CT molecular complexity index is 429. The number of non-ortho nitro benzene ring substituents is 1. The molecule has 0 saturated carbocycles. The lowest BCUT2D eigenvalue weighted by Crippen LogP contribution is -2.43. The van der Waals surface area contributed by atoms with Crippen LogP contribution in [0, 0.1) is 16.0 Å². The Morgan fingerprint density at radius 2 is 1.94 bits per heavy atom. The van der Waals surface area contributed by atoms with Gasteiger partial charge >= 0.3 is 0 Å². The van der Waals surface area contributed by atoms with Gasteiger partial charge in [0, 0.05) is 18.7 Å². The van der Waals surface area contributed by atoms with Crippen molar-refractivity contribution in [3.8, 4) is 0 Å². The molecule has 1 unspecified atom stereocenters. The molecule has 18 heavy (non-hydrogen) atoms.